The van der Waals surface area contributed by atoms with Gasteiger partial charge in [0.25, 0.3) is 0 Å². The predicted molar refractivity (Wildman–Crippen MR) is 95.7 cm³/mol. The minimum absolute atomic E-state index is 0.0443. The molecule has 1 aliphatic rings. The lowest BCUT2D eigenvalue weighted by atomic mass is 10.2. The van der Waals surface area contributed by atoms with Crippen LogP contribution in [0.15, 0.2) is 30.3 Å². The maximum Gasteiger partial charge on any atom is 0.416 e. The lowest BCUT2D eigenvalue weighted by molar-refractivity contribution is -0.135. The van der Waals surface area contributed by atoms with Gasteiger partial charge in [0.1, 0.15) is 6.54 Å². The molecule has 0 radical (unpaired) electrons. The number of sulfone groups is 1. The van der Waals surface area contributed by atoms with E-state index in [1.807, 2.05) is 0 Å². The van der Waals surface area contributed by atoms with Crippen molar-refractivity contribution >= 4 is 40.2 Å². The molecule has 2 N–H and O–H groups in total. The predicted octanol–water partition coefficient (Wildman–Crippen LogP) is 0.745. The van der Waals surface area contributed by atoms with Gasteiger partial charge in [0.05, 0.1) is 6.04 Å². The number of anilines is 1. The van der Waals surface area contributed by atoms with Gasteiger partial charge in [0, 0.05) is 23.7 Å². The Balaban J connectivity index is 2.23. The van der Waals surface area contributed by atoms with Crippen LogP contribution in [-0.2, 0) is 19.4 Å². The fourth-order valence-electron chi connectivity index (χ4n) is 2.59. The molecule has 0 bridgehead atoms. The zero-order valence-corrected chi connectivity index (χ0v) is 15.2. The maximum absolute atomic E-state index is 12.5. The topological polar surface area (TPSA) is 113 Å². The Labute approximate surface area is 151 Å². The summed E-state index contributed by atoms with van der Waals surface area (Å²) in [5.74, 6) is -1.24. The molecule has 1 aromatic rings. The molecule has 25 heavy (non-hydrogen) atoms. The summed E-state index contributed by atoms with van der Waals surface area (Å²) < 4.78 is 29.3. The first-order valence-electron chi connectivity index (χ1n) is 7.54. The Morgan fingerprint density at radius 1 is 1.40 bits per heavy atom. The molecule has 10 heteroatoms. The number of ether oxygens (including phenoxy) is 1. The molecule has 0 saturated carbocycles. The molecule has 3 unspecified atom stereocenters. The zero-order chi connectivity index (χ0) is 18.6. The molecule has 1 fully saturated rings. The van der Waals surface area contributed by atoms with E-state index in [2.05, 4.69) is 17.9 Å². The van der Waals surface area contributed by atoms with Gasteiger partial charge in [0.15, 0.2) is 9.84 Å². The molecule has 0 spiro atoms. The molecule has 1 heterocycles. The van der Waals surface area contributed by atoms with Gasteiger partial charge in [-0.15, -0.1) is 0 Å². The van der Waals surface area contributed by atoms with Crippen LogP contribution >= 0.6 is 12.6 Å². The highest BCUT2D eigenvalue weighted by Gasteiger charge is 2.39. The SMILES string of the molecule is CS(=O)(=O)C(OC(=O)N(CC(=O)O)c1ccccc1)C1CC(S)CN1. The number of hydrogen-bond acceptors (Lipinski definition) is 7. The molecule has 3 atom stereocenters. The van der Waals surface area contributed by atoms with Crippen molar-refractivity contribution in [2.24, 2.45) is 0 Å². The molecule has 1 saturated heterocycles. The van der Waals surface area contributed by atoms with Crippen LogP contribution in [0.2, 0.25) is 0 Å². The largest absolute Gasteiger partial charge is 0.480 e. The van der Waals surface area contributed by atoms with Gasteiger partial charge >= 0.3 is 12.1 Å². The molecule has 138 valence electrons. The normalized spacial score (nSPS) is 21.5. The summed E-state index contributed by atoms with van der Waals surface area (Å²) in [6, 6.07) is 7.46. The maximum atomic E-state index is 12.5. The lowest BCUT2D eigenvalue weighted by Gasteiger charge is -2.26. The lowest BCUT2D eigenvalue weighted by Crippen LogP contribution is -2.47. The quantitative estimate of drug-likeness (QED) is 0.616. The highest BCUT2D eigenvalue weighted by atomic mass is 32.2. The summed E-state index contributed by atoms with van der Waals surface area (Å²) in [6.07, 6.45) is 0.356. The average molecular weight is 388 g/mol. The van der Waals surface area contributed by atoms with Crippen LogP contribution in [0.4, 0.5) is 10.5 Å². The number of carbonyl (C=O) groups is 2. The van der Waals surface area contributed by atoms with E-state index < -0.39 is 39.9 Å². The summed E-state index contributed by atoms with van der Waals surface area (Å²) in [5.41, 5.74) is -1.12. The van der Waals surface area contributed by atoms with E-state index in [1.165, 1.54) is 12.1 Å². The van der Waals surface area contributed by atoms with Crippen molar-refractivity contribution in [3.63, 3.8) is 0 Å². The number of hydrogen-bond donors (Lipinski definition) is 3. The van der Waals surface area contributed by atoms with Crippen molar-refractivity contribution in [2.75, 3.05) is 24.2 Å². The van der Waals surface area contributed by atoms with Crippen LogP contribution in [0.3, 0.4) is 0 Å². The molecule has 1 amide bonds. The number of thiol groups is 1. The zero-order valence-electron chi connectivity index (χ0n) is 13.5. The number of amides is 1. The van der Waals surface area contributed by atoms with Crippen LogP contribution < -0.4 is 10.2 Å². The second-order valence-electron chi connectivity index (χ2n) is 5.80. The molecule has 0 aromatic heterocycles. The van der Waals surface area contributed by atoms with Crippen molar-refractivity contribution in [2.45, 2.75) is 23.1 Å². The summed E-state index contributed by atoms with van der Waals surface area (Å²) in [5, 5.41) is 12.0. The Bertz CT molecular complexity index is 725. The number of carboxylic acids is 1. The van der Waals surface area contributed by atoms with Gasteiger partial charge in [-0.2, -0.15) is 12.6 Å². The van der Waals surface area contributed by atoms with Gasteiger partial charge < -0.3 is 15.2 Å². The summed E-state index contributed by atoms with van der Waals surface area (Å²) in [7, 11) is -3.72. The molecule has 1 aromatic carbocycles. The van der Waals surface area contributed by atoms with Gasteiger partial charge in [-0.3, -0.25) is 9.69 Å². The number of nitrogens with one attached hydrogen (secondary N) is 1. The third-order valence-electron chi connectivity index (χ3n) is 3.69. The van der Waals surface area contributed by atoms with Crippen molar-refractivity contribution in [1.29, 1.82) is 0 Å². The smallest absolute Gasteiger partial charge is 0.416 e. The van der Waals surface area contributed by atoms with Crippen molar-refractivity contribution in [1.82, 2.24) is 5.32 Å². The number of benzene rings is 1. The fourth-order valence-corrected chi connectivity index (χ4v) is 3.98. The van der Waals surface area contributed by atoms with Crippen LogP contribution in [0.25, 0.3) is 0 Å². The van der Waals surface area contributed by atoms with Crippen LogP contribution in [0.1, 0.15) is 6.42 Å². The second kappa shape index (κ2) is 8.07. The Hall–Kier alpha value is -1.78. The highest BCUT2D eigenvalue weighted by Crippen LogP contribution is 2.22. The number of aliphatic carboxylic acids is 1. The van der Waals surface area contributed by atoms with Gasteiger partial charge in [-0.1, -0.05) is 18.2 Å². The third kappa shape index (κ3) is 5.35. The Kier molecular flexibility index (Phi) is 6.31. The van der Waals surface area contributed by atoms with E-state index in [0.717, 1.165) is 11.2 Å². The number of rotatable bonds is 6. The summed E-state index contributed by atoms with van der Waals surface area (Å²) in [6.45, 7) is -0.151. The van der Waals surface area contributed by atoms with E-state index >= 15 is 0 Å². The first-order valence-corrected chi connectivity index (χ1v) is 10.0. The monoisotopic (exact) mass is 388 g/mol. The average Bonchev–Trinajstić information content (AvgIpc) is 2.95. The number of nitrogens with zero attached hydrogens (tertiary/aromatic N) is 1. The van der Waals surface area contributed by atoms with Gasteiger partial charge in [-0.25, -0.2) is 13.2 Å². The second-order valence-corrected chi connectivity index (χ2v) is 8.66. The van der Waals surface area contributed by atoms with E-state index in [-0.39, 0.29) is 5.25 Å². The number of para-hydroxylation sites is 1. The van der Waals surface area contributed by atoms with Gasteiger partial charge in [-0.05, 0) is 18.6 Å². The molecular weight excluding hydrogens is 368 g/mol. The molecule has 0 aliphatic carbocycles. The summed E-state index contributed by atoms with van der Waals surface area (Å²) in [4.78, 5) is 24.5. The third-order valence-corrected chi connectivity index (χ3v) is 5.35. The van der Waals surface area contributed by atoms with Crippen LogP contribution in [0, 0.1) is 0 Å². The summed E-state index contributed by atoms with van der Waals surface area (Å²) >= 11 is 4.29. The first-order chi connectivity index (χ1) is 11.7. The Morgan fingerprint density at radius 2 is 2.04 bits per heavy atom. The van der Waals surface area contributed by atoms with E-state index in [9.17, 15) is 18.0 Å². The van der Waals surface area contributed by atoms with E-state index in [1.54, 1.807) is 18.2 Å². The number of carboxylic acid groups (broad SMARTS) is 1. The van der Waals surface area contributed by atoms with Crippen LogP contribution in [0.5, 0.6) is 0 Å². The highest BCUT2D eigenvalue weighted by molar-refractivity contribution is 7.91. The molecule has 8 nitrogen and oxygen atoms in total. The van der Waals surface area contributed by atoms with E-state index in [4.69, 9.17) is 9.84 Å². The number of carbonyl (C=O) groups excluding carboxylic acids is 1. The standard InChI is InChI=1S/C15H20N2O6S2/c1-25(21,22)14(12-7-11(24)8-16-12)23-15(20)17(9-13(18)19)10-5-3-2-4-6-10/h2-6,11-12,14,16,24H,7-9H2,1H3,(H,18,19). The first kappa shape index (κ1) is 19.5. The Morgan fingerprint density at radius 3 is 2.52 bits per heavy atom. The minimum Gasteiger partial charge on any atom is -0.480 e. The van der Waals surface area contributed by atoms with Crippen LogP contribution in [-0.4, -0.2) is 61.7 Å². The molecule has 1 aliphatic heterocycles. The van der Waals surface area contributed by atoms with Gasteiger partial charge in [0.2, 0.25) is 5.44 Å². The fraction of sp³-hybridized carbons (Fsp3) is 0.467. The minimum atomic E-state index is -3.72. The van der Waals surface area contributed by atoms with Crippen molar-refractivity contribution < 1.29 is 27.9 Å². The molecule has 2 rings (SSSR count). The van der Waals surface area contributed by atoms with Crippen molar-refractivity contribution in [3.8, 4) is 0 Å². The van der Waals surface area contributed by atoms with Crippen molar-refractivity contribution in [3.05, 3.63) is 30.3 Å². The molecular formula is C15H20N2O6S2. The van der Waals surface area contributed by atoms with E-state index in [0.29, 0.717) is 18.7 Å².